The van der Waals surface area contributed by atoms with Crippen molar-refractivity contribution in [2.45, 2.75) is 45.7 Å². The van der Waals surface area contributed by atoms with Crippen molar-refractivity contribution in [1.82, 2.24) is 4.90 Å². The molecular weight excluding hydrogens is 367 g/mol. The van der Waals surface area contributed by atoms with E-state index < -0.39 is 5.92 Å². The molecule has 0 aromatic heterocycles. The zero-order chi connectivity index (χ0) is 21.0. The SMILES string of the molecule is CC(C)N(CCNc1ccc(N=CC2C(=O)Nc3ccccc32)cc1F)C(C)C. The lowest BCUT2D eigenvalue weighted by Crippen LogP contribution is -2.40. The maximum atomic E-state index is 14.5. The standard InChI is InChI=1S/C23H29FN4O/c1-15(2)28(16(3)4)12-11-25-22-10-9-17(13-20(22)24)26-14-19-18-7-5-6-8-21(18)27-23(19)29/h5-10,13-16,19,25H,11-12H2,1-4H3,(H,27,29). The summed E-state index contributed by atoms with van der Waals surface area (Å²) in [6.07, 6.45) is 1.58. The van der Waals surface area contributed by atoms with Crippen LogP contribution in [0.1, 0.15) is 39.2 Å². The summed E-state index contributed by atoms with van der Waals surface area (Å²) >= 11 is 0. The number of amides is 1. The summed E-state index contributed by atoms with van der Waals surface area (Å²) < 4.78 is 14.5. The van der Waals surface area contributed by atoms with Crippen LogP contribution in [-0.2, 0) is 4.79 Å². The molecule has 2 N–H and O–H groups in total. The predicted molar refractivity (Wildman–Crippen MR) is 118 cm³/mol. The quantitative estimate of drug-likeness (QED) is 0.631. The molecule has 0 saturated carbocycles. The number of carbonyl (C=O) groups is 1. The van der Waals surface area contributed by atoms with Gasteiger partial charge in [0.05, 0.1) is 11.4 Å². The summed E-state index contributed by atoms with van der Waals surface area (Å²) in [6.45, 7) is 10.2. The van der Waals surface area contributed by atoms with Crippen molar-refractivity contribution in [3.63, 3.8) is 0 Å². The lowest BCUT2D eigenvalue weighted by Gasteiger charge is -2.30. The highest BCUT2D eigenvalue weighted by molar-refractivity contribution is 6.12. The smallest absolute Gasteiger partial charge is 0.237 e. The zero-order valence-electron chi connectivity index (χ0n) is 17.4. The van der Waals surface area contributed by atoms with Gasteiger partial charge in [-0.1, -0.05) is 18.2 Å². The van der Waals surface area contributed by atoms with E-state index in [1.54, 1.807) is 18.3 Å². The Balaban J connectivity index is 1.63. The lowest BCUT2D eigenvalue weighted by atomic mass is 10.0. The third kappa shape index (κ3) is 5.01. The molecule has 5 nitrogen and oxygen atoms in total. The Morgan fingerprint density at radius 2 is 1.90 bits per heavy atom. The van der Waals surface area contributed by atoms with Gasteiger partial charge in [-0.25, -0.2) is 4.39 Å². The highest BCUT2D eigenvalue weighted by atomic mass is 19.1. The molecule has 1 heterocycles. The number of fused-ring (bicyclic) bond motifs is 1. The van der Waals surface area contributed by atoms with Gasteiger partial charge in [-0.2, -0.15) is 0 Å². The number of anilines is 2. The topological polar surface area (TPSA) is 56.7 Å². The number of para-hydroxylation sites is 1. The first-order valence-electron chi connectivity index (χ1n) is 10.1. The normalized spacial score (nSPS) is 16.1. The number of carbonyl (C=O) groups excluding carboxylic acids is 1. The van der Waals surface area contributed by atoms with Gasteiger partial charge >= 0.3 is 0 Å². The second-order valence-electron chi connectivity index (χ2n) is 7.85. The Bertz CT molecular complexity index is 886. The maximum Gasteiger partial charge on any atom is 0.237 e. The van der Waals surface area contributed by atoms with Gasteiger partial charge in [-0.15, -0.1) is 0 Å². The van der Waals surface area contributed by atoms with Crippen LogP contribution in [-0.4, -0.2) is 42.2 Å². The van der Waals surface area contributed by atoms with Crippen LogP contribution in [0.2, 0.25) is 0 Å². The molecule has 6 heteroatoms. The second kappa shape index (κ2) is 9.18. The highest BCUT2D eigenvalue weighted by Crippen LogP contribution is 2.31. The van der Waals surface area contributed by atoms with E-state index in [9.17, 15) is 9.18 Å². The average Bonchev–Trinajstić information content (AvgIpc) is 2.99. The molecule has 3 rings (SSSR count). The average molecular weight is 397 g/mol. The molecule has 0 bridgehead atoms. The fourth-order valence-electron chi connectivity index (χ4n) is 3.70. The zero-order valence-corrected chi connectivity index (χ0v) is 17.4. The first kappa shape index (κ1) is 21.0. The summed E-state index contributed by atoms with van der Waals surface area (Å²) in [5, 5.41) is 6.00. The third-order valence-corrected chi connectivity index (χ3v) is 5.17. The maximum absolute atomic E-state index is 14.5. The van der Waals surface area contributed by atoms with Crippen LogP contribution in [0.25, 0.3) is 0 Å². The molecule has 0 fully saturated rings. The minimum Gasteiger partial charge on any atom is -0.381 e. The van der Waals surface area contributed by atoms with Gasteiger partial charge in [0.15, 0.2) is 0 Å². The summed E-state index contributed by atoms with van der Waals surface area (Å²) in [6, 6.07) is 13.2. The van der Waals surface area contributed by atoms with Crippen molar-refractivity contribution >= 4 is 29.2 Å². The first-order chi connectivity index (χ1) is 13.9. The second-order valence-corrected chi connectivity index (χ2v) is 7.85. The summed E-state index contributed by atoms with van der Waals surface area (Å²) in [5.41, 5.74) is 2.63. The number of rotatable bonds is 8. The van der Waals surface area contributed by atoms with Crippen molar-refractivity contribution in [2.75, 3.05) is 23.7 Å². The Morgan fingerprint density at radius 3 is 2.59 bits per heavy atom. The van der Waals surface area contributed by atoms with Crippen molar-refractivity contribution in [3.05, 3.63) is 53.8 Å². The molecule has 0 spiro atoms. The largest absolute Gasteiger partial charge is 0.381 e. The molecule has 0 aliphatic carbocycles. The van der Waals surface area contributed by atoms with E-state index >= 15 is 0 Å². The van der Waals surface area contributed by atoms with Crippen LogP contribution < -0.4 is 10.6 Å². The van der Waals surface area contributed by atoms with Crippen LogP contribution in [0.15, 0.2) is 47.5 Å². The number of hydrogen-bond donors (Lipinski definition) is 2. The van der Waals surface area contributed by atoms with Crippen LogP contribution in [0.4, 0.5) is 21.5 Å². The summed E-state index contributed by atoms with van der Waals surface area (Å²) in [7, 11) is 0. The van der Waals surface area contributed by atoms with Gasteiger partial charge in [-0.3, -0.25) is 14.7 Å². The number of nitrogens with zero attached hydrogens (tertiary/aromatic N) is 2. The van der Waals surface area contributed by atoms with Gasteiger partial charge in [-0.05, 0) is 51.5 Å². The third-order valence-electron chi connectivity index (χ3n) is 5.17. The molecule has 1 unspecified atom stereocenters. The Kier molecular flexibility index (Phi) is 6.64. The monoisotopic (exact) mass is 396 g/mol. The lowest BCUT2D eigenvalue weighted by molar-refractivity contribution is -0.115. The molecule has 154 valence electrons. The number of benzene rings is 2. The molecule has 1 atom stereocenters. The molecule has 0 radical (unpaired) electrons. The van der Waals surface area contributed by atoms with Gasteiger partial charge in [0, 0.05) is 43.1 Å². The molecule has 1 amide bonds. The van der Waals surface area contributed by atoms with Crippen molar-refractivity contribution in [3.8, 4) is 0 Å². The number of aliphatic imine (C=N–C) groups is 1. The van der Waals surface area contributed by atoms with Crippen LogP contribution in [0.5, 0.6) is 0 Å². The van der Waals surface area contributed by atoms with Gasteiger partial charge in [0.25, 0.3) is 0 Å². The van der Waals surface area contributed by atoms with E-state index in [-0.39, 0.29) is 11.7 Å². The number of nitrogens with one attached hydrogen (secondary N) is 2. The van der Waals surface area contributed by atoms with E-state index in [4.69, 9.17) is 0 Å². The summed E-state index contributed by atoms with van der Waals surface area (Å²) in [5.74, 6) is -0.921. The van der Waals surface area contributed by atoms with E-state index in [0.717, 1.165) is 17.8 Å². The minimum absolute atomic E-state index is 0.117. The van der Waals surface area contributed by atoms with Crippen molar-refractivity contribution in [1.29, 1.82) is 0 Å². The molecule has 2 aromatic carbocycles. The van der Waals surface area contributed by atoms with Crippen LogP contribution in [0.3, 0.4) is 0 Å². The number of hydrogen-bond acceptors (Lipinski definition) is 4. The van der Waals surface area contributed by atoms with Crippen LogP contribution in [0, 0.1) is 5.82 Å². The number of halogens is 1. The highest BCUT2D eigenvalue weighted by Gasteiger charge is 2.28. The molecule has 1 aliphatic rings. The predicted octanol–water partition coefficient (Wildman–Crippen LogP) is 4.79. The molecule has 2 aromatic rings. The summed E-state index contributed by atoms with van der Waals surface area (Å²) in [4.78, 5) is 18.8. The Labute approximate surface area is 172 Å². The fourth-order valence-corrected chi connectivity index (χ4v) is 3.70. The van der Waals surface area contributed by atoms with E-state index in [1.165, 1.54) is 6.07 Å². The molecular formula is C23H29FN4O. The van der Waals surface area contributed by atoms with E-state index in [2.05, 4.69) is 48.2 Å². The van der Waals surface area contributed by atoms with E-state index in [1.807, 2.05) is 24.3 Å². The Hall–Kier alpha value is -2.73. The van der Waals surface area contributed by atoms with E-state index in [0.29, 0.717) is 30.0 Å². The molecule has 29 heavy (non-hydrogen) atoms. The molecule has 1 aliphatic heterocycles. The van der Waals surface area contributed by atoms with Crippen molar-refractivity contribution in [2.24, 2.45) is 4.99 Å². The van der Waals surface area contributed by atoms with Crippen LogP contribution >= 0.6 is 0 Å². The fraction of sp³-hybridized carbons (Fsp3) is 0.391. The molecule has 0 saturated heterocycles. The first-order valence-corrected chi connectivity index (χ1v) is 10.1. The van der Waals surface area contributed by atoms with Gasteiger partial charge in [0.2, 0.25) is 5.91 Å². The van der Waals surface area contributed by atoms with Crippen molar-refractivity contribution < 1.29 is 9.18 Å². The van der Waals surface area contributed by atoms with Gasteiger partial charge in [0.1, 0.15) is 11.7 Å². The minimum atomic E-state index is -0.454. The Morgan fingerprint density at radius 1 is 1.17 bits per heavy atom. The van der Waals surface area contributed by atoms with Gasteiger partial charge < -0.3 is 10.6 Å².